The molecule has 4 bridgehead atoms. The monoisotopic (exact) mass is 902 g/mol. The molecule has 0 radical (unpaired) electrons. The van der Waals surface area contributed by atoms with Crippen molar-refractivity contribution in [3.8, 4) is 0 Å². The van der Waals surface area contributed by atoms with Crippen LogP contribution in [0, 0.1) is 30.6 Å². The van der Waals surface area contributed by atoms with Crippen LogP contribution in [0.5, 0.6) is 0 Å². The molecule has 4 aliphatic carbocycles. The molecule has 2 fully saturated rings. The Balaban J connectivity index is -0.000000135. The number of rotatable bonds is 17. The predicted octanol–water partition coefficient (Wildman–Crippen LogP) is 12.6. The number of carbonyl (C=O) groups excluding carboxylic acids is 6. The maximum Gasteiger partial charge on any atom is 2.00 e. The molecule has 4 rings (SSSR count). The van der Waals surface area contributed by atoms with E-state index < -0.39 is 0 Å². The van der Waals surface area contributed by atoms with Gasteiger partial charge in [0.1, 0.15) is 18.4 Å². The van der Waals surface area contributed by atoms with Crippen LogP contribution in [0.15, 0.2) is 24.3 Å². The third-order valence-electron chi connectivity index (χ3n) is 9.08. The van der Waals surface area contributed by atoms with E-state index in [-0.39, 0.29) is 57.0 Å². The summed E-state index contributed by atoms with van der Waals surface area (Å²) < 4.78 is 3.47. The van der Waals surface area contributed by atoms with Crippen molar-refractivity contribution in [2.24, 2.45) is 23.7 Å². The van der Waals surface area contributed by atoms with Crippen molar-refractivity contribution >= 4 is 53.1 Å². The van der Waals surface area contributed by atoms with E-state index in [1.54, 1.807) is 12.3 Å². The Morgan fingerprint density at radius 1 is 0.655 bits per heavy atom. The van der Waals surface area contributed by atoms with E-state index in [2.05, 4.69) is 96.7 Å². The maximum atomic E-state index is 10.6. The topological polar surface area (TPSA) is 126 Å². The van der Waals surface area contributed by atoms with Crippen LogP contribution in [0.4, 0.5) is 0 Å². The summed E-state index contributed by atoms with van der Waals surface area (Å²) in [6.07, 6.45) is 35.1. The van der Waals surface area contributed by atoms with Gasteiger partial charge in [-0.2, -0.15) is 0 Å². The molecule has 344 valence electrons. The van der Waals surface area contributed by atoms with E-state index in [4.69, 9.17) is 14.4 Å². The van der Waals surface area contributed by atoms with Crippen LogP contribution in [-0.2, 0) is 50.0 Å². The number of fused-ring (bicyclic) bond motifs is 4. The fraction of sp³-hybridized carbons (Fsp3) is 0.766. The Bertz CT molecular complexity index is 887. The van der Waals surface area contributed by atoms with Crippen molar-refractivity contribution in [1.82, 2.24) is 0 Å². The van der Waals surface area contributed by atoms with Crippen LogP contribution in [0.25, 0.3) is 5.32 Å². The van der Waals surface area contributed by atoms with Crippen molar-refractivity contribution < 1.29 is 50.0 Å². The van der Waals surface area contributed by atoms with Crippen LogP contribution in [0.3, 0.4) is 0 Å². The van der Waals surface area contributed by atoms with Gasteiger partial charge in [0, 0.05) is 41.0 Å². The first-order chi connectivity index (χ1) is 27.4. The first-order valence-electron chi connectivity index (χ1n) is 22.4. The largest absolute Gasteiger partial charge is 2.00 e. The molecule has 0 aliphatic heterocycles. The summed E-state index contributed by atoms with van der Waals surface area (Å²) in [4.78, 5) is 57.5. The summed E-state index contributed by atoms with van der Waals surface area (Å²) in [6.45, 7) is 27.6. The van der Waals surface area contributed by atoms with Gasteiger partial charge in [0.2, 0.25) is 0 Å². The number of hydrogen-bond donors (Lipinski definition) is 0. The summed E-state index contributed by atoms with van der Waals surface area (Å²) in [6, 6.07) is 0. The minimum absolute atomic E-state index is 0. The number of hydrogen-bond acceptors (Lipinski definition) is 7. The normalized spacial score (nSPS) is 17.3. The number of allylic oxidation sites excluding steroid dienone is 4. The van der Waals surface area contributed by atoms with Crippen molar-refractivity contribution in [1.29, 1.82) is 0 Å². The van der Waals surface area contributed by atoms with Gasteiger partial charge in [-0.15, -0.1) is 13.0 Å². The summed E-state index contributed by atoms with van der Waals surface area (Å²) in [7, 11) is 0.175. The Kier molecular flexibility index (Phi) is 67.7. The molecule has 0 heterocycles. The number of ketones is 1. The van der Waals surface area contributed by atoms with Gasteiger partial charge in [0.15, 0.2) is 0 Å². The van der Waals surface area contributed by atoms with E-state index in [1.807, 2.05) is 13.8 Å². The van der Waals surface area contributed by atoms with E-state index in [9.17, 15) is 14.4 Å². The molecule has 0 spiro atoms. The smallest absolute Gasteiger partial charge is 0.656 e. The zero-order chi connectivity index (χ0) is 44.5. The molecule has 0 aromatic carbocycles. The quantitative estimate of drug-likeness (QED) is 0.0355. The van der Waals surface area contributed by atoms with Crippen LogP contribution in [0.2, 0.25) is 0 Å². The number of Topliss-reactive ketones (excluding diaryl/α,β-unsaturated/α-hetero) is 1. The summed E-state index contributed by atoms with van der Waals surface area (Å²) >= 11 is 0. The average Bonchev–Trinajstić information content (AvgIpc) is 4.07. The SMILES string of the molecule is C1=CC2CCC1C2.C1=CC2CCC1C2.CC=O.CCC.CCC.CCCC(=O)CCC=O.CC[PH+](CC)CC[PH+](CC)CC.O=COC=O.[CH2-]CC(=O)[N-]CCC.[Ni+2]. The summed E-state index contributed by atoms with van der Waals surface area (Å²) in [5, 5.41) is 3.66. The number of amides is 1. The molecule has 4 aliphatic rings. The third kappa shape index (κ3) is 52.5. The Morgan fingerprint density at radius 2 is 1.00 bits per heavy atom. The minimum atomic E-state index is -0.0909. The Hall–Kier alpha value is -1.55. The van der Waals surface area contributed by atoms with Gasteiger partial charge in [-0.1, -0.05) is 85.1 Å². The standard InChI is InChI=1S/C10H24P2.C7H12O2.2C7H10.C6H12NO.2C3H8.C2H2O3.C2H4O.Ni/c1-5-11(6-2)9-10-12(7-3)8-4;1-2-4-7(9)5-3-6-8;2*1-2-7-4-3-6(1)5-7;1-3-5-7-6(8)4-2;2*1-3-2;3-1-5-2-4;1-2-3;/h5-10H2,1-4H3;6H,2-5H2,1H3;2*1-2,6-7H,3-5H2;2-5H2,1H3,(H,7,8);2*3H2,1-2H3;1-2H;2H,1H3;/q;;;;-1;;;;;+2/p+1. The van der Waals surface area contributed by atoms with Gasteiger partial charge in [0.05, 0.1) is 37.0 Å². The number of aldehydes is 2. The molecule has 8 nitrogen and oxygen atoms in total. The van der Waals surface area contributed by atoms with Crippen molar-refractivity contribution in [2.45, 2.75) is 166 Å². The molecular weight excluding hydrogens is 811 g/mol. The molecule has 0 N–H and O–H groups in total. The molecule has 4 unspecified atom stereocenters. The number of nitrogens with zero attached hydrogens (tertiary/aromatic N) is 1. The van der Waals surface area contributed by atoms with Crippen LogP contribution >= 0.6 is 15.8 Å². The molecule has 58 heavy (non-hydrogen) atoms. The molecule has 0 aromatic rings. The van der Waals surface area contributed by atoms with Crippen LogP contribution in [0.1, 0.15) is 166 Å². The molecule has 0 saturated heterocycles. The Morgan fingerprint density at radius 3 is 1.17 bits per heavy atom. The predicted molar refractivity (Wildman–Crippen MR) is 254 cm³/mol. The van der Waals surface area contributed by atoms with Crippen molar-refractivity contribution in [2.75, 3.05) is 43.5 Å². The van der Waals surface area contributed by atoms with E-state index >= 15 is 0 Å². The first kappa shape index (κ1) is 68.2. The minimum Gasteiger partial charge on any atom is -0.656 e. The van der Waals surface area contributed by atoms with E-state index in [0.29, 0.717) is 32.2 Å². The fourth-order valence-corrected chi connectivity index (χ4v) is 11.2. The number of ether oxygens (including phenoxy) is 1. The maximum absolute atomic E-state index is 10.6. The van der Waals surface area contributed by atoms with Gasteiger partial charge in [-0.3, -0.25) is 14.4 Å². The molecular formula is C47H91NNiO7P2+2. The van der Waals surface area contributed by atoms with E-state index in [0.717, 1.165) is 49.1 Å². The zero-order valence-corrected chi connectivity index (χ0v) is 42.1. The number of carbonyl (C=O) groups is 6. The zero-order valence-electron chi connectivity index (χ0n) is 39.1. The Labute approximate surface area is 371 Å². The van der Waals surface area contributed by atoms with Crippen molar-refractivity contribution in [3.05, 3.63) is 36.5 Å². The third-order valence-corrected chi connectivity index (χ3v) is 15.5. The second-order valence-corrected chi connectivity index (χ2v) is 21.2. The summed E-state index contributed by atoms with van der Waals surface area (Å²) in [5.74, 6) is 4.07. The van der Waals surface area contributed by atoms with Crippen LogP contribution < -0.4 is 0 Å². The van der Waals surface area contributed by atoms with Gasteiger partial charge in [0.25, 0.3) is 0 Å². The molecule has 0 aromatic heterocycles. The second kappa shape index (κ2) is 57.5. The van der Waals surface area contributed by atoms with Crippen LogP contribution in [-0.4, -0.2) is 80.7 Å². The van der Waals surface area contributed by atoms with Gasteiger partial charge in [-0.05, 0) is 103 Å². The summed E-state index contributed by atoms with van der Waals surface area (Å²) in [5.41, 5.74) is 0. The average molecular weight is 903 g/mol. The first-order valence-corrected chi connectivity index (χ1v) is 26.6. The second-order valence-electron chi connectivity index (χ2n) is 14.3. The van der Waals surface area contributed by atoms with Gasteiger partial charge in [-0.25, -0.2) is 0 Å². The molecule has 2 saturated carbocycles. The molecule has 11 heteroatoms. The molecule has 1 amide bonds. The van der Waals surface area contributed by atoms with Crippen molar-refractivity contribution in [3.63, 3.8) is 0 Å². The van der Waals surface area contributed by atoms with Gasteiger partial charge < -0.3 is 31.4 Å². The molecule has 4 atom stereocenters. The van der Waals surface area contributed by atoms with Gasteiger partial charge >= 0.3 is 29.4 Å². The fourth-order valence-electron chi connectivity index (χ4n) is 5.96. The van der Waals surface area contributed by atoms with E-state index in [1.165, 1.54) is 82.9 Å².